The number of carbonyl (C=O) groups is 1. The molecular formula is C27H34FN7O3. The molecule has 4 N–H and O–H groups in total. The molecule has 10 nitrogen and oxygen atoms in total. The molecule has 5 rings (SSSR count). The average Bonchev–Trinajstić information content (AvgIpc) is 2.83. The van der Waals surface area contributed by atoms with E-state index >= 15 is 0 Å². The molecule has 1 saturated carbocycles. The molecule has 4 heterocycles. The van der Waals surface area contributed by atoms with Gasteiger partial charge in [-0.25, -0.2) is 14.4 Å². The van der Waals surface area contributed by atoms with Crippen molar-refractivity contribution in [1.82, 2.24) is 25.3 Å². The maximum absolute atomic E-state index is 14.7. The molecule has 3 aromatic rings. The predicted molar refractivity (Wildman–Crippen MR) is 142 cm³/mol. The Balaban J connectivity index is 1.40. The summed E-state index contributed by atoms with van der Waals surface area (Å²) >= 11 is 0. The van der Waals surface area contributed by atoms with Crippen molar-refractivity contribution < 1.29 is 19.4 Å². The molecule has 11 heteroatoms. The molecule has 202 valence electrons. The van der Waals surface area contributed by atoms with Gasteiger partial charge in [0.25, 0.3) is 5.91 Å². The van der Waals surface area contributed by atoms with E-state index in [0.29, 0.717) is 54.5 Å². The predicted octanol–water partition coefficient (Wildman–Crippen LogP) is 3.23. The third-order valence-corrected chi connectivity index (χ3v) is 7.40. The maximum atomic E-state index is 14.7. The molecule has 0 radical (unpaired) electrons. The van der Waals surface area contributed by atoms with Crippen LogP contribution in [-0.4, -0.2) is 72.6 Å². The Bertz CT molecular complexity index is 1360. The van der Waals surface area contributed by atoms with Crippen molar-refractivity contribution in [3.63, 3.8) is 0 Å². The van der Waals surface area contributed by atoms with Crippen molar-refractivity contribution in [2.75, 3.05) is 23.3 Å². The maximum Gasteiger partial charge on any atom is 0.270 e. The van der Waals surface area contributed by atoms with Crippen LogP contribution in [0, 0.1) is 0 Å². The van der Waals surface area contributed by atoms with Gasteiger partial charge in [-0.15, -0.1) is 0 Å². The zero-order valence-corrected chi connectivity index (χ0v) is 22.1. The normalized spacial score (nSPS) is 27.3. The molecule has 2 atom stereocenters. The second-order valence-corrected chi connectivity index (χ2v) is 11.3. The molecule has 1 amide bonds. The second kappa shape index (κ2) is 9.70. The lowest BCUT2D eigenvalue weighted by Crippen LogP contribution is -2.53. The van der Waals surface area contributed by atoms with E-state index in [4.69, 9.17) is 0 Å². The zero-order valence-electron chi connectivity index (χ0n) is 22.1. The van der Waals surface area contributed by atoms with Gasteiger partial charge in [-0.1, -0.05) is 13.8 Å². The highest BCUT2D eigenvalue weighted by molar-refractivity contribution is 6.06. The van der Waals surface area contributed by atoms with Gasteiger partial charge >= 0.3 is 0 Å². The quantitative estimate of drug-likeness (QED) is 0.384. The number of aliphatic hydroxyl groups excluding tert-OH is 1. The van der Waals surface area contributed by atoms with Gasteiger partial charge in [-0.2, -0.15) is 4.98 Å². The van der Waals surface area contributed by atoms with E-state index in [0.717, 1.165) is 10.9 Å². The summed E-state index contributed by atoms with van der Waals surface area (Å²) in [7, 11) is 0. The fourth-order valence-corrected chi connectivity index (χ4v) is 5.23. The van der Waals surface area contributed by atoms with Crippen LogP contribution in [0.4, 0.5) is 22.0 Å². The summed E-state index contributed by atoms with van der Waals surface area (Å²) in [5, 5.41) is 27.6. The molecular weight excluding hydrogens is 489 g/mol. The van der Waals surface area contributed by atoms with E-state index in [-0.39, 0.29) is 24.4 Å². The topological polar surface area (TPSA) is 136 Å². The Labute approximate surface area is 220 Å². The molecule has 0 bridgehead atoms. The lowest BCUT2D eigenvalue weighted by atomic mass is 9.77. The van der Waals surface area contributed by atoms with Crippen LogP contribution in [-0.2, 0) is 0 Å². The first-order valence-corrected chi connectivity index (χ1v) is 13.0. The van der Waals surface area contributed by atoms with E-state index in [2.05, 4.69) is 44.4 Å². The number of anilines is 3. The zero-order chi connectivity index (χ0) is 27.2. The van der Waals surface area contributed by atoms with Gasteiger partial charge in [-0.05, 0) is 62.1 Å². The number of rotatable bonds is 6. The standard InChI is InChI=1S/C27H34FN7O3/c1-15(2)18-12-31-23(24(37)32-16-10-26(3,38)11-16)19-13-30-22(9-17(18)19)33-21-5-7-29-25(34-21)35-8-6-20(36)27(4,28)14-35/h5,7,9,12-13,15-16,20,36,38H,6,8,10-11,14H2,1-4H3,(H,32,37)(H,29,30,33,34)/t16-,20-,26+,27+/m1/s1. The van der Waals surface area contributed by atoms with Crippen molar-refractivity contribution in [2.45, 2.75) is 76.3 Å². The first kappa shape index (κ1) is 26.2. The smallest absolute Gasteiger partial charge is 0.270 e. The van der Waals surface area contributed by atoms with Gasteiger partial charge in [0.1, 0.15) is 17.3 Å². The largest absolute Gasteiger partial charge is 0.390 e. The van der Waals surface area contributed by atoms with Gasteiger partial charge in [0.2, 0.25) is 5.95 Å². The van der Waals surface area contributed by atoms with E-state index in [1.165, 1.54) is 6.92 Å². The number of nitrogens with one attached hydrogen (secondary N) is 2. The fraction of sp³-hybridized carbons (Fsp3) is 0.519. The highest BCUT2D eigenvalue weighted by Gasteiger charge is 2.40. The molecule has 0 spiro atoms. The van der Waals surface area contributed by atoms with Crippen LogP contribution in [0.5, 0.6) is 0 Å². The van der Waals surface area contributed by atoms with Crippen molar-refractivity contribution in [2.24, 2.45) is 0 Å². The summed E-state index contributed by atoms with van der Waals surface area (Å²) in [6.07, 6.45) is 5.25. The molecule has 2 fully saturated rings. The number of carbonyl (C=O) groups excluding carboxylic acids is 1. The number of hydrogen-bond acceptors (Lipinski definition) is 9. The Hall–Kier alpha value is -3.44. The lowest BCUT2D eigenvalue weighted by Gasteiger charge is -2.41. The minimum absolute atomic E-state index is 0.000163. The molecule has 0 unspecified atom stereocenters. The van der Waals surface area contributed by atoms with Crippen LogP contribution < -0.4 is 15.5 Å². The Morgan fingerprint density at radius 3 is 2.61 bits per heavy atom. The Morgan fingerprint density at radius 2 is 1.92 bits per heavy atom. The first-order chi connectivity index (χ1) is 17.9. The number of hydrogen-bond donors (Lipinski definition) is 4. The average molecular weight is 524 g/mol. The summed E-state index contributed by atoms with van der Waals surface area (Å²) in [6, 6.07) is 3.48. The molecule has 3 aromatic heterocycles. The van der Waals surface area contributed by atoms with Crippen LogP contribution in [0.2, 0.25) is 0 Å². The second-order valence-electron chi connectivity index (χ2n) is 11.3. The number of fused-ring (bicyclic) bond motifs is 1. The number of aromatic nitrogens is 4. The number of alkyl halides is 1. The molecule has 1 aliphatic heterocycles. The number of amides is 1. The first-order valence-electron chi connectivity index (χ1n) is 13.0. The van der Waals surface area contributed by atoms with E-state index in [1.807, 2.05) is 6.07 Å². The minimum atomic E-state index is -1.74. The van der Waals surface area contributed by atoms with Crippen LogP contribution in [0.25, 0.3) is 10.8 Å². The summed E-state index contributed by atoms with van der Waals surface area (Å²) in [5.41, 5.74) is -1.21. The fourth-order valence-electron chi connectivity index (χ4n) is 5.23. The number of halogens is 1. The third-order valence-electron chi connectivity index (χ3n) is 7.40. The number of piperidine rings is 1. The van der Waals surface area contributed by atoms with Crippen LogP contribution >= 0.6 is 0 Å². The minimum Gasteiger partial charge on any atom is -0.390 e. The molecule has 0 aromatic carbocycles. The SMILES string of the molecule is CC(C)c1cnc(C(=O)N[C@H]2C[C@@](C)(O)C2)c2cnc(Nc3ccnc(N4CC[C@@H](O)[C@@](C)(F)C4)n3)cc12. The van der Waals surface area contributed by atoms with Gasteiger partial charge < -0.3 is 25.7 Å². The molecule has 1 aliphatic carbocycles. The van der Waals surface area contributed by atoms with Gasteiger partial charge in [-0.3, -0.25) is 9.78 Å². The van der Waals surface area contributed by atoms with Crippen molar-refractivity contribution in [3.8, 4) is 0 Å². The molecule has 1 saturated heterocycles. The summed E-state index contributed by atoms with van der Waals surface area (Å²) < 4.78 is 14.7. The summed E-state index contributed by atoms with van der Waals surface area (Å²) in [5.74, 6) is 1.26. The number of nitrogens with zero attached hydrogens (tertiary/aromatic N) is 5. The van der Waals surface area contributed by atoms with Gasteiger partial charge in [0.15, 0.2) is 5.67 Å². The van der Waals surface area contributed by atoms with Crippen molar-refractivity contribution in [3.05, 3.63) is 42.0 Å². The summed E-state index contributed by atoms with van der Waals surface area (Å²) in [6.45, 7) is 7.72. The van der Waals surface area contributed by atoms with E-state index < -0.39 is 17.4 Å². The van der Waals surface area contributed by atoms with Crippen molar-refractivity contribution >= 4 is 34.3 Å². The van der Waals surface area contributed by atoms with Crippen LogP contribution in [0.15, 0.2) is 30.7 Å². The highest BCUT2D eigenvalue weighted by atomic mass is 19.1. The monoisotopic (exact) mass is 523 g/mol. The van der Waals surface area contributed by atoms with E-state index in [1.54, 1.807) is 36.5 Å². The van der Waals surface area contributed by atoms with Crippen molar-refractivity contribution in [1.29, 1.82) is 0 Å². The van der Waals surface area contributed by atoms with Crippen LogP contribution in [0.3, 0.4) is 0 Å². The Kier molecular flexibility index (Phi) is 6.68. The van der Waals surface area contributed by atoms with Gasteiger partial charge in [0.05, 0.1) is 18.2 Å². The van der Waals surface area contributed by atoms with Gasteiger partial charge in [0, 0.05) is 36.6 Å². The lowest BCUT2D eigenvalue weighted by molar-refractivity contribution is -0.0367. The van der Waals surface area contributed by atoms with E-state index in [9.17, 15) is 19.4 Å². The molecule has 2 aliphatic rings. The summed E-state index contributed by atoms with van der Waals surface area (Å²) in [4.78, 5) is 32.6. The molecule has 38 heavy (non-hydrogen) atoms. The number of aliphatic hydroxyl groups is 2. The number of pyridine rings is 2. The van der Waals surface area contributed by atoms with Crippen LogP contribution in [0.1, 0.15) is 68.9 Å². The third kappa shape index (κ3) is 5.25. The Morgan fingerprint density at radius 1 is 1.16 bits per heavy atom. The highest BCUT2D eigenvalue weighted by Crippen LogP contribution is 2.33.